The van der Waals surface area contributed by atoms with Crippen molar-refractivity contribution in [3.05, 3.63) is 30.1 Å². The predicted molar refractivity (Wildman–Crippen MR) is 117 cm³/mol. The van der Waals surface area contributed by atoms with E-state index in [1.165, 1.54) is 19.3 Å². The molecule has 0 aromatic carbocycles. The number of likely N-dealkylation sites (N-methyl/N-ethyl adjacent to an activating group) is 1. The standard InChI is InChI=1S/C23H33N5O2/c1-28-11-5-8-20(28)23(30)27-19(13-16-6-3-2-4-7-16)22(29)26-15-17-12-18-9-10-24-21(18)25-14-17/h9-10,12,14,16,19-20H,2-8,11,13,15H2,1H3,(H,24,25)(H,26,29)(H,27,30)/t19-,20+/m0/s1. The van der Waals surface area contributed by atoms with Gasteiger partial charge in [-0.05, 0) is 56.5 Å². The molecule has 2 amide bonds. The second-order valence-corrected chi connectivity index (χ2v) is 8.92. The summed E-state index contributed by atoms with van der Waals surface area (Å²) in [5.41, 5.74) is 1.79. The number of hydrogen-bond donors (Lipinski definition) is 3. The number of likely N-dealkylation sites (tertiary alicyclic amines) is 1. The van der Waals surface area contributed by atoms with E-state index in [9.17, 15) is 9.59 Å². The van der Waals surface area contributed by atoms with Gasteiger partial charge in [0.1, 0.15) is 11.7 Å². The van der Waals surface area contributed by atoms with E-state index in [2.05, 4.69) is 25.5 Å². The summed E-state index contributed by atoms with van der Waals surface area (Å²) >= 11 is 0. The molecule has 2 fully saturated rings. The molecule has 162 valence electrons. The number of aromatic nitrogens is 2. The van der Waals surface area contributed by atoms with Crippen LogP contribution in [0.1, 0.15) is 56.9 Å². The van der Waals surface area contributed by atoms with Gasteiger partial charge in [-0.1, -0.05) is 32.1 Å². The monoisotopic (exact) mass is 411 g/mol. The Bertz CT molecular complexity index is 873. The van der Waals surface area contributed by atoms with Crippen LogP contribution in [0.4, 0.5) is 0 Å². The second kappa shape index (κ2) is 9.60. The van der Waals surface area contributed by atoms with Crippen LogP contribution in [-0.4, -0.2) is 52.4 Å². The van der Waals surface area contributed by atoms with Crippen molar-refractivity contribution in [2.24, 2.45) is 5.92 Å². The third kappa shape index (κ3) is 5.01. The maximum absolute atomic E-state index is 13.1. The number of carbonyl (C=O) groups excluding carboxylic acids is 2. The zero-order chi connectivity index (χ0) is 20.9. The highest BCUT2D eigenvalue weighted by molar-refractivity contribution is 5.90. The van der Waals surface area contributed by atoms with Crippen molar-refractivity contribution in [1.82, 2.24) is 25.5 Å². The Morgan fingerprint density at radius 3 is 2.83 bits per heavy atom. The summed E-state index contributed by atoms with van der Waals surface area (Å²) in [5.74, 6) is 0.402. The van der Waals surface area contributed by atoms with Gasteiger partial charge in [-0.25, -0.2) is 4.98 Å². The summed E-state index contributed by atoms with van der Waals surface area (Å²) < 4.78 is 0. The lowest BCUT2D eigenvalue weighted by Crippen LogP contribution is -2.52. The third-order valence-electron chi connectivity index (χ3n) is 6.67. The number of H-pyrrole nitrogens is 1. The van der Waals surface area contributed by atoms with Crippen LogP contribution in [0.5, 0.6) is 0 Å². The first-order valence-electron chi connectivity index (χ1n) is 11.3. The molecule has 1 aliphatic heterocycles. The summed E-state index contributed by atoms with van der Waals surface area (Å²) in [7, 11) is 1.98. The minimum absolute atomic E-state index is 0.0126. The molecule has 2 aromatic heterocycles. The minimum Gasteiger partial charge on any atom is -0.350 e. The summed E-state index contributed by atoms with van der Waals surface area (Å²) in [6.45, 7) is 1.35. The molecule has 4 rings (SSSR count). The van der Waals surface area contributed by atoms with Crippen molar-refractivity contribution in [1.29, 1.82) is 0 Å². The first kappa shape index (κ1) is 20.8. The lowest BCUT2D eigenvalue weighted by atomic mass is 9.84. The quantitative estimate of drug-likeness (QED) is 0.653. The predicted octanol–water partition coefficient (Wildman–Crippen LogP) is 2.73. The molecular formula is C23H33N5O2. The van der Waals surface area contributed by atoms with Crippen LogP contribution >= 0.6 is 0 Å². The molecule has 7 nitrogen and oxygen atoms in total. The van der Waals surface area contributed by atoms with Gasteiger partial charge < -0.3 is 15.6 Å². The smallest absolute Gasteiger partial charge is 0.242 e. The van der Waals surface area contributed by atoms with E-state index in [-0.39, 0.29) is 17.9 Å². The van der Waals surface area contributed by atoms with E-state index < -0.39 is 6.04 Å². The van der Waals surface area contributed by atoms with Crippen LogP contribution in [-0.2, 0) is 16.1 Å². The summed E-state index contributed by atoms with van der Waals surface area (Å²) in [6.07, 6.45) is 12.3. The molecule has 3 N–H and O–H groups in total. The van der Waals surface area contributed by atoms with Gasteiger partial charge in [-0.3, -0.25) is 14.5 Å². The SMILES string of the molecule is CN1CCC[C@@H]1C(=O)N[C@@H](CC1CCCCC1)C(=O)NCc1cnc2[nH]ccc2c1. The van der Waals surface area contributed by atoms with Crippen LogP contribution in [0.3, 0.4) is 0 Å². The number of hydrogen-bond acceptors (Lipinski definition) is 4. The summed E-state index contributed by atoms with van der Waals surface area (Å²) in [6, 6.07) is 3.41. The molecule has 2 aromatic rings. The van der Waals surface area contributed by atoms with Crippen molar-refractivity contribution >= 4 is 22.8 Å². The fraction of sp³-hybridized carbons (Fsp3) is 0.609. The number of rotatable bonds is 7. The van der Waals surface area contributed by atoms with Crippen LogP contribution in [0, 0.1) is 5.92 Å². The fourth-order valence-corrected chi connectivity index (χ4v) is 4.89. The zero-order valence-electron chi connectivity index (χ0n) is 17.8. The number of pyridine rings is 1. The molecule has 0 unspecified atom stereocenters. The number of carbonyl (C=O) groups is 2. The van der Waals surface area contributed by atoms with Gasteiger partial charge in [0.15, 0.2) is 0 Å². The Labute approximate surface area is 178 Å². The van der Waals surface area contributed by atoms with Crippen LogP contribution in [0.15, 0.2) is 24.5 Å². The molecule has 0 spiro atoms. The zero-order valence-corrected chi connectivity index (χ0v) is 17.8. The van der Waals surface area contributed by atoms with E-state index in [1.54, 1.807) is 6.20 Å². The number of amides is 2. The molecule has 1 saturated heterocycles. The number of aromatic amines is 1. The Hall–Kier alpha value is -2.41. The largest absolute Gasteiger partial charge is 0.350 e. The molecule has 0 radical (unpaired) electrons. The molecule has 2 atom stereocenters. The maximum Gasteiger partial charge on any atom is 0.242 e. The Kier molecular flexibility index (Phi) is 6.67. The molecule has 7 heteroatoms. The van der Waals surface area contributed by atoms with Gasteiger partial charge in [0.05, 0.1) is 6.04 Å². The van der Waals surface area contributed by atoms with Gasteiger partial charge in [-0.15, -0.1) is 0 Å². The fourth-order valence-electron chi connectivity index (χ4n) is 4.89. The van der Waals surface area contributed by atoms with E-state index in [4.69, 9.17) is 0 Å². The Morgan fingerprint density at radius 1 is 1.23 bits per heavy atom. The maximum atomic E-state index is 13.1. The van der Waals surface area contributed by atoms with Crippen molar-refractivity contribution in [2.75, 3.05) is 13.6 Å². The molecule has 1 saturated carbocycles. The molecule has 1 aliphatic carbocycles. The second-order valence-electron chi connectivity index (χ2n) is 8.92. The molecule has 2 aliphatic rings. The van der Waals surface area contributed by atoms with E-state index in [1.807, 2.05) is 25.4 Å². The highest BCUT2D eigenvalue weighted by Gasteiger charge is 2.32. The first-order valence-corrected chi connectivity index (χ1v) is 11.3. The molecule has 3 heterocycles. The average molecular weight is 412 g/mol. The highest BCUT2D eigenvalue weighted by Crippen LogP contribution is 2.27. The van der Waals surface area contributed by atoms with E-state index >= 15 is 0 Å². The minimum atomic E-state index is -0.474. The van der Waals surface area contributed by atoms with Crippen LogP contribution < -0.4 is 10.6 Å². The third-order valence-corrected chi connectivity index (χ3v) is 6.67. The first-order chi connectivity index (χ1) is 14.6. The molecular weight excluding hydrogens is 378 g/mol. The van der Waals surface area contributed by atoms with Crippen molar-refractivity contribution in [3.8, 4) is 0 Å². The normalized spacial score (nSPS) is 21.6. The number of nitrogens with zero attached hydrogens (tertiary/aromatic N) is 2. The van der Waals surface area contributed by atoms with Gasteiger partial charge in [-0.2, -0.15) is 0 Å². The summed E-state index contributed by atoms with van der Waals surface area (Å²) in [5, 5.41) is 7.15. The van der Waals surface area contributed by atoms with Crippen LogP contribution in [0.2, 0.25) is 0 Å². The topological polar surface area (TPSA) is 90.1 Å². The van der Waals surface area contributed by atoms with Crippen molar-refractivity contribution in [3.63, 3.8) is 0 Å². The van der Waals surface area contributed by atoms with Gasteiger partial charge in [0, 0.05) is 24.3 Å². The van der Waals surface area contributed by atoms with Crippen LogP contribution in [0.25, 0.3) is 11.0 Å². The van der Waals surface area contributed by atoms with E-state index in [0.717, 1.165) is 55.2 Å². The molecule has 0 bridgehead atoms. The highest BCUT2D eigenvalue weighted by atomic mass is 16.2. The van der Waals surface area contributed by atoms with Gasteiger partial charge in [0.2, 0.25) is 11.8 Å². The lowest BCUT2D eigenvalue weighted by Gasteiger charge is -2.28. The van der Waals surface area contributed by atoms with Gasteiger partial charge in [0.25, 0.3) is 0 Å². The lowest BCUT2D eigenvalue weighted by molar-refractivity contribution is -0.131. The Morgan fingerprint density at radius 2 is 2.07 bits per heavy atom. The van der Waals surface area contributed by atoms with Crippen molar-refractivity contribution in [2.45, 2.75) is 70.0 Å². The van der Waals surface area contributed by atoms with Gasteiger partial charge >= 0.3 is 0 Å². The number of fused-ring (bicyclic) bond motifs is 1. The van der Waals surface area contributed by atoms with Crippen molar-refractivity contribution < 1.29 is 9.59 Å². The summed E-state index contributed by atoms with van der Waals surface area (Å²) in [4.78, 5) is 35.5. The molecule has 30 heavy (non-hydrogen) atoms. The van der Waals surface area contributed by atoms with E-state index in [0.29, 0.717) is 12.5 Å². The number of nitrogens with one attached hydrogen (secondary N) is 3. The average Bonchev–Trinajstić information content (AvgIpc) is 3.40. The Balaban J connectivity index is 1.39.